The highest BCUT2D eigenvalue weighted by Crippen LogP contribution is 2.39. The van der Waals surface area contributed by atoms with Crippen LogP contribution in [0.3, 0.4) is 0 Å². The van der Waals surface area contributed by atoms with Crippen molar-refractivity contribution in [3.63, 3.8) is 0 Å². The van der Waals surface area contributed by atoms with Gasteiger partial charge in [0, 0.05) is 17.8 Å². The summed E-state index contributed by atoms with van der Waals surface area (Å²) in [7, 11) is 0. The van der Waals surface area contributed by atoms with E-state index in [-0.39, 0.29) is 18.9 Å². The van der Waals surface area contributed by atoms with Crippen molar-refractivity contribution in [2.45, 2.75) is 85.4 Å². The SMILES string of the molecule is CCC.CCC[C@@H](c1ccc(C(=O)NCCC(=O)O)cc1)C(C(=O)Nc1ccc(-c2c(C)cc(C)cc2C)cc1)c1ccc(OC(F)(F)F)cc1. The first kappa shape index (κ1) is 40.3. The first-order valence-corrected chi connectivity index (χ1v) is 17.1. The molecule has 10 heteroatoms. The van der Waals surface area contributed by atoms with Crippen LogP contribution < -0.4 is 15.4 Å². The van der Waals surface area contributed by atoms with Crippen LogP contribution in [0.5, 0.6) is 5.75 Å². The highest BCUT2D eigenvalue weighted by molar-refractivity contribution is 5.97. The maximum Gasteiger partial charge on any atom is 0.573 e. The minimum absolute atomic E-state index is 0.0180. The number of hydrogen-bond acceptors (Lipinski definition) is 4. The van der Waals surface area contributed by atoms with Crippen molar-refractivity contribution >= 4 is 23.5 Å². The molecular weight excluding hydrogens is 657 g/mol. The Morgan fingerprint density at radius 2 is 1.35 bits per heavy atom. The first-order valence-electron chi connectivity index (χ1n) is 17.1. The van der Waals surface area contributed by atoms with Crippen molar-refractivity contribution in [3.05, 3.63) is 118 Å². The lowest BCUT2D eigenvalue weighted by Gasteiger charge is -2.28. The fraction of sp³-hybridized carbons (Fsp3) is 0.341. The van der Waals surface area contributed by atoms with Crippen LogP contribution in [0.15, 0.2) is 84.9 Å². The van der Waals surface area contributed by atoms with Crippen LogP contribution in [0.25, 0.3) is 11.1 Å². The van der Waals surface area contributed by atoms with E-state index in [2.05, 4.69) is 62.1 Å². The molecule has 0 aliphatic heterocycles. The topological polar surface area (TPSA) is 105 Å². The zero-order valence-electron chi connectivity index (χ0n) is 30.0. The van der Waals surface area contributed by atoms with Crippen molar-refractivity contribution in [2.75, 3.05) is 11.9 Å². The second-order valence-electron chi connectivity index (χ2n) is 12.6. The van der Waals surface area contributed by atoms with Crippen LogP contribution in [-0.4, -0.2) is 35.8 Å². The minimum Gasteiger partial charge on any atom is -0.481 e. The number of benzene rings is 4. The molecule has 0 bridgehead atoms. The van der Waals surface area contributed by atoms with Gasteiger partial charge in [-0.25, -0.2) is 0 Å². The third-order valence-corrected chi connectivity index (χ3v) is 8.10. The van der Waals surface area contributed by atoms with Crippen LogP contribution in [0.1, 0.15) is 96.5 Å². The fourth-order valence-corrected chi connectivity index (χ4v) is 6.12. The van der Waals surface area contributed by atoms with Crippen molar-refractivity contribution in [1.82, 2.24) is 5.32 Å². The lowest BCUT2D eigenvalue weighted by atomic mass is 9.78. The molecule has 1 unspecified atom stereocenters. The van der Waals surface area contributed by atoms with Gasteiger partial charge in [0.2, 0.25) is 5.91 Å². The molecule has 0 heterocycles. The monoisotopic (exact) mass is 704 g/mol. The smallest absolute Gasteiger partial charge is 0.481 e. The number of carbonyl (C=O) groups is 3. The number of rotatable bonds is 13. The Balaban J connectivity index is 0.00000226. The Morgan fingerprint density at radius 3 is 1.86 bits per heavy atom. The molecule has 2 atom stereocenters. The van der Waals surface area contributed by atoms with Gasteiger partial charge in [0.15, 0.2) is 0 Å². The number of ether oxygens (including phenoxy) is 1. The molecular formula is C41H47F3N2O5. The Labute approximate surface area is 298 Å². The molecule has 0 radical (unpaired) electrons. The molecule has 0 fully saturated rings. The summed E-state index contributed by atoms with van der Waals surface area (Å²) in [4.78, 5) is 37.5. The first-order chi connectivity index (χ1) is 24.2. The largest absolute Gasteiger partial charge is 0.573 e. The Bertz CT molecular complexity index is 1730. The van der Waals surface area contributed by atoms with E-state index in [1.807, 2.05) is 31.2 Å². The molecule has 4 rings (SSSR count). The van der Waals surface area contributed by atoms with E-state index in [9.17, 15) is 27.6 Å². The summed E-state index contributed by atoms with van der Waals surface area (Å²) in [5.74, 6) is -3.39. The van der Waals surface area contributed by atoms with Gasteiger partial charge in [0.05, 0.1) is 12.3 Å². The summed E-state index contributed by atoms with van der Waals surface area (Å²) in [5.41, 5.74) is 7.76. The third kappa shape index (κ3) is 12.0. The Kier molecular flexibility index (Phi) is 14.8. The Hall–Kier alpha value is -5.12. The van der Waals surface area contributed by atoms with E-state index in [0.717, 1.165) is 27.8 Å². The molecule has 0 aromatic heterocycles. The number of aliphatic carboxylic acids is 1. The molecule has 0 aliphatic carbocycles. The van der Waals surface area contributed by atoms with Crippen molar-refractivity contribution in [2.24, 2.45) is 0 Å². The van der Waals surface area contributed by atoms with Crippen molar-refractivity contribution in [1.29, 1.82) is 0 Å². The van der Waals surface area contributed by atoms with E-state index < -0.39 is 35.8 Å². The molecule has 2 amide bonds. The summed E-state index contributed by atoms with van der Waals surface area (Å²) in [5, 5.41) is 14.4. The maximum atomic E-state index is 14.1. The summed E-state index contributed by atoms with van der Waals surface area (Å²) in [6.07, 6.45) is -2.55. The third-order valence-electron chi connectivity index (χ3n) is 8.10. The number of anilines is 1. The lowest BCUT2D eigenvalue weighted by molar-refractivity contribution is -0.274. The van der Waals surface area contributed by atoms with Crippen molar-refractivity contribution < 1.29 is 37.4 Å². The van der Waals surface area contributed by atoms with Crippen LogP contribution in [0.4, 0.5) is 18.9 Å². The predicted octanol–water partition coefficient (Wildman–Crippen LogP) is 10.1. The summed E-state index contributed by atoms with van der Waals surface area (Å²) in [6.45, 7) is 12.4. The van der Waals surface area contributed by atoms with Crippen LogP contribution in [-0.2, 0) is 9.59 Å². The fourth-order valence-electron chi connectivity index (χ4n) is 6.12. The van der Waals surface area contributed by atoms with E-state index >= 15 is 0 Å². The summed E-state index contributed by atoms with van der Waals surface area (Å²) in [6, 6.07) is 23.8. The van der Waals surface area contributed by atoms with Gasteiger partial charge in [0.1, 0.15) is 5.75 Å². The second-order valence-corrected chi connectivity index (χ2v) is 12.6. The average molecular weight is 705 g/mol. The highest BCUT2D eigenvalue weighted by atomic mass is 19.4. The lowest BCUT2D eigenvalue weighted by Crippen LogP contribution is -2.27. The maximum absolute atomic E-state index is 14.1. The number of hydrogen-bond donors (Lipinski definition) is 3. The zero-order chi connectivity index (χ0) is 37.7. The van der Waals surface area contributed by atoms with Gasteiger partial charge < -0.3 is 20.5 Å². The number of halogens is 3. The highest BCUT2D eigenvalue weighted by Gasteiger charge is 2.33. The van der Waals surface area contributed by atoms with E-state index in [4.69, 9.17) is 5.11 Å². The molecule has 4 aromatic rings. The van der Waals surface area contributed by atoms with Gasteiger partial charge in [-0.05, 0) is 103 Å². The van der Waals surface area contributed by atoms with E-state index in [0.29, 0.717) is 29.7 Å². The van der Waals surface area contributed by atoms with Crippen LogP contribution in [0, 0.1) is 20.8 Å². The van der Waals surface area contributed by atoms with Gasteiger partial charge in [-0.1, -0.05) is 87.7 Å². The molecule has 4 aromatic carbocycles. The number of aryl methyl sites for hydroxylation is 3. The second kappa shape index (κ2) is 18.8. The average Bonchev–Trinajstić information content (AvgIpc) is 3.05. The molecule has 7 nitrogen and oxygen atoms in total. The number of amides is 2. The normalized spacial score (nSPS) is 12.2. The molecule has 0 spiro atoms. The molecule has 0 saturated carbocycles. The van der Waals surface area contributed by atoms with E-state index in [1.165, 1.54) is 36.2 Å². The zero-order valence-corrected chi connectivity index (χ0v) is 30.0. The quantitative estimate of drug-likeness (QED) is 0.129. The number of alkyl halides is 3. The number of carboxylic acids is 1. The van der Waals surface area contributed by atoms with Gasteiger partial charge in [0.25, 0.3) is 5.91 Å². The Morgan fingerprint density at radius 1 is 0.804 bits per heavy atom. The van der Waals surface area contributed by atoms with E-state index in [1.54, 1.807) is 24.3 Å². The van der Waals surface area contributed by atoms with Gasteiger partial charge in [-0.2, -0.15) is 0 Å². The molecule has 51 heavy (non-hydrogen) atoms. The molecule has 272 valence electrons. The van der Waals surface area contributed by atoms with Crippen molar-refractivity contribution in [3.8, 4) is 16.9 Å². The molecule has 3 N–H and O–H groups in total. The van der Waals surface area contributed by atoms with Gasteiger partial charge >= 0.3 is 12.3 Å². The van der Waals surface area contributed by atoms with Crippen LogP contribution >= 0.6 is 0 Å². The molecule has 0 aliphatic rings. The number of carboxylic acid groups (broad SMARTS) is 1. The number of carbonyl (C=O) groups excluding carboxylic acids is 2. The standard InChI is InChI=1S/C38H39F3N2O5.C3H8/c1-5-6-32(26-7-9-29(10-8-26)36(46)42-20-19-33(44)45)35(28-13-17-31(18-14-28)48-38(39,40)41)37(47)43-30-15-11-27(12-16-30)34-24(3)21-23(2)22-25(34)4;1-3-2/h7-18,21-22,32,35H,5-6,19-20H2,1-4H3,(H,42,46)(H,43,47)(H,44,45);3H2,1-2H3/t32-,35?;/m0./s1. The minimum atomic E-state index is -4.85. The summed E-state index contributed by atoms with van der Waals surface area (Å²) < 4.78 is 42.7. The predicted molar refractivity (Wildman–Crippen MR) is 195 cm³/mol. The van der Waals surface area contributed by atoms with Gasteiger partial charge in [-0.3, -0.25) is 14.4 Å². The summed E-state index contributed by atoms with van der Waals surface area (Å²) >= 11 is 0. The molecule has 0 saturated heterocycles. The van der Waals surface area contributed by atoms with Gasteiger partial charge in [-0.15, -0.1) is 13.2 Å². The number of nitrogens with one attached hydrogen (secondary N) is 2. The van der Waals surface area contributed by atoms with Crippen LogP contribution in [0.2, 0.25) is 0 Å².